The van der Waals surface area contributed by atoms with Gasteiger partial charge < -0.3 is 20.4 Å². The molecule has 0 saturated carbocycles. The lowest BCUT2D eigenvalue weighted by Crippen LogP contribution is -2.49. The third-order valence-electron chi connectivity index (χ3n) is 5.31. The summed E-state index contributed by atoms with van der Waals surface area (Å²) in [5.41, 5.74) is 2.34. The molecule has 1 fully saturated rings. The van der Waals surface area contributed by atoms with E-state index < -0.39 is 0 Å². The Hall–Kier alpha value is -2.61. The minimum Gasteiger partial charge on any atom is -0.368 e. The Morgan fingerprint density at radius 1 is 1.10 bits per heavy atom. The van der Waals surface area contributed by atoms with Crippen LogP contribution in [-0.4, -0.2) is 68.1 Å². The van der Waals surface area contributed by atoms with Gasteiger partial charge in [0.25, 0.3) is 0 Å². The molecule has 1 saturated heterocycles. The number of hydrogen-bond acceptors (Lipinski definition) is 5. The normalized spacial score (nSPS) is 14.7. The van der Waals surface area contributed by atoms with Crippen molar-refractivity contribution in [2.45, 2.75) is 26.7 Å². The number of guanidine groups is 1. The summed E-state index contributed by atoms with van der Waals surface area (Å²) in [7, 11) is 1.75. The first-order valence-corrected chi connectivity index (χ1v) is 11.3. The highest BCUT2D eigenvalue weighted by Gasteiger charge is 2.20. The average Bonchev–Trinajstić information content (AvgIpc) is 3.10. The number of aryl methyl sites for hydroxylation is 2. The predicted octanol–water partition coefficient (Wildman–Crippen LogP) is 2.21. The Morgan fingerprint density at radius 3 is 2.43 bits per heavy atom. The van der Waals surface area contributed by atoms with Crippen molar-refractivity contribution in [1.29, 1.82) is 0 Å². The number of thiazole rings is 1. The topological polar surface area (TPSA) is 72.9 Å². The number of carbonyl (C=O) groups excluding carboxylic acids is 1. The zero-order valence-corrected chi connectivity index (χ0v) is 19.0. The lowest BCUT2D eigenvalue weighted by molar-refractivity contribution is -0.131. The number of nitrogens with zero attached hydrogens (tertiary/aromatic N) is 4. The van der Waals surface area contributed by atoms with Crippen LogP contribution in [0.4, 0.5) is 5.69 Å². The molecule has 1 aromatic carbocycles. The average molecular weight is 429 g/mol. The lowest BCUT2D eigenvalue weighted by Gasteiger charge is -2.36. The summed E-state index contributed by atoms with van der Waals surface area (Å²) >= 11 is 1.74. The molecule has 162 valence electrons. The number of aromatic nitrogens is 1. The van der Waals surface area contributed by atoms with Crippen molar-refractivity contribution in [2.24, 2.45) is 4.99 Å². The van der Waals surface area contributed by atoms with E-state index in [0.29, 0.717) is 13.0 Å². The second-order valence-electron chi connectivity index (χ2n) is 7.38. The van der Waals surface area contributed by atoms with Crippen LogP contribution >= 0.6 is 11.3 Å². The third-order valence-corrected chi connectivity index (χ3v) is 6.45. The second-order valence-corrected chi connectivity index (χ2v) is 8.67. The maximum absolute atomic E-state index is 12.5. The van der Waals surface area contributed by atoms with Crippen LogP contribution in [-0.2, 0) is 11.2 Å². The number of benzene rings is 1. The number of anilines is 1. The highest BCUT2D eigenvalue weighted by molar-refractivity contribution is 7.11. The van der Waals surface area contributed by atoms with Crippen molar-refractivity contribution in [3.8, 4) is 0 Å². The highest BCUT2D eigenvalue weighted by Crippen LogP contribution is 2.17. The molecule has 1 aliphatic rings. The lowest BCUT2D eigenvalue weighted by atomic mass is 10.2. The number of nitrogens with one attached hydrogen (secondary N) is 2. The predicted molar refractivity (Wildman–Crippen MR) is 125 cm³/mol. The summed E-state index contributed by atoms with van der Waals surface area (Å²) in [6, 6.07) is 10.4. The zero-order valence-electron chi connectivity index (χ0n) is 18.1. The summed E-state index contributed by atoms with van der Waals surface area (Å²) in [6.07, 6.45) is 1.33. The van der Waals surface area contributed by atoms with Gasteiger partial charge in [0.05, 0.1) is 10.7 Å². The molecule has 0 aliphatic carbocycles. The highest BCUT2D eigenvalue weighted by atomic mass is 32.1. The van der Waals surface area contributed by atoms with E-state index in [4.69, 9.17) is 0 Å². The van der Waals surface area contributed by atoms with Crippen LogP contribution in [0, 0.1) is 13.8 Å². The molecule has 0 radical (unpaired) electrons. The first-order valence-electron chi connectivity index (χ1n) is 10.5. The largest absolute Gasteiger partial charge is 0.368 e. The van der Waals surface area contributed by atoms with Crippen molar-refractivity contribution in [3.05, 3.63) is 45.9 Å². The van der Waals surface area contributed by atoms with E-state index in [9.17, 15) is 4.79 Å². The quantitative estimate of drug-likeness (QED) is 0.523. The number of amides is 1. The fraction of sp³-hybridized carbons (Fsp3) is 0.500. The second kappa shape index (κ2) is 11.0. The van der Waals surface area contributed by atoms with E-state index in [1.807, 2.05) is 17.9 Å². The fourth-order valence-electron chi connectivity index (χ4n) is 3.45. The molecule has 1 aromatic heterocycles. The molecule has 0 atom stereocenters. The molecule has 30 heavy (non-hydrogen) atoms. The number of hydrogen-bond donors (Lipinski definition) is 2. The first-order chi connectivity index (χ1) is 14.6. The van der Waals surface area contributed by atoms with Gasteiger partial charge in [-0.15, -0.1) is 11.3 Å². The van der Waals surface area contributed by atoms with Crippen LogP contribution in [0.15, 0.2) is 35.3 Å². The van der Waals surface area contributed by atoms with E-state index >= 15 is 0 Å². The van der Waals surface area contributed by atoms with Gasteiger partial charge in [0.15, 0.2) is 5.96 Å². The zero-order chi connectivity index (χ0) is 21.3. The minimum atomic E-state index is 0.194. The van der Waals surface area contributed by atoms with Gasteiger partial charge in [-0.25, -0.2) is 4.98 Å². The molecule has 0 bridgehead atoms. The van der Waals surface area contributed by atoms with E-state index in [1.165, 1.54) is 10.6 Å². The molecule has 1 amide bonds. The van der Waals surface area contributed by atoms with Gasteiger partial charge in [0, 0.05) is 69.7 Å². The van der Waals surface area contributed by atoms with Crippen molar-refractivity contribution in [3.63, 3.8) is 0 Å². The fourth-order valence-corrected chi connectivity index (χ4v) is 4.39. The summed E-state index contributed by atoms with van der Waals surface area (Å²) in [5, 5.41) is 7.68. The Balaban J connectivity index is 1.33. The molecule has 0 spiro atoms. The minimum absolute atomic E-state index is 0.194. The van der Waals surface area contributed by atoms with Crippen molar-refractivity contribution < 1.29 is 4.79 Å². The summed E-state index contributed by atoms with van der Waals surface area (Å²) in [5.74, 6) is 0.918. The van der Waals surface area contributed by atoms with E-state index in [1.54, 1.807) is 18.4 Å². The Kier molecular flexibility index (Phi) is 8.07. The SMILES string of the molecule is CN=C(NCCC(=O)N1CCN(c2ccccc2)CC1)NCCc1nc(C)c(C)s1. The smallest absolute Gasteiger partial charge is 0.224 e. The molecule has 2 heterocycles. The number of carbonyl (C=O) groups is 1. The van der Waals surface area contributed by atoms with Crippen molar-refractivity contribution >= 4 is 28.9 Å². The molecule has 2 N–H and O–H groups in total. The molecular weight excluding hydrogens is 396 g/mol. The summed E-state index contributed by atoms with van der Waals surface area (Å²) in [6.45, 7) is 8.78. The Bertz CT molecular complexity index is 823. The molecule has 1 aliphatic heterocycles. The number of aliphatic imine (C=N–C) groups is 1. The molecule has 8 heteroatoms. The van der Waals surface area contributed by atoms with Gasteiger partial charge >= 0.3 is 0 Å². The monoisotopic (exact) mass is 428 g/mol. The third kappa shape index (κ3) is 6.19. The van der Waals surface area contributed by atoms with Crippen LogP contribution in [0.2, 0.25) is 0 Å². The summed E-state index contributed by atoms with van der Waals surface area (Å²) < 4.78 is 0. The van der Waals surface area contributed by atoms with Gasteiger partial charge in [-0.3, -0.25) is 9.79 Å². The van der Waals surface area contributed by atoms with Gasteiger partial charge in [0.2, 0.25) is 5.91 Å². The van der Waals surface area contributed by atoms with Gasteiger partial charge in [-0.05, 0) is 26.0 Å². The van der Waals surface area contributed by atoms with Crippen LogP contribution < -0.4 is 15.5 Å². The summed E-state index contributed by atoms with van der Waals surface area (Å²) in [4.78, 5) is 26.9. The van der Waals surface area contributed by atoms with Crippen LogP contribution in [0.3, 0.4) is 0 Å². The molecule has 0 unspecified atom stereocenters. The first kappa shape index (κ1) is 22.1. The molecule has 3 rings (SSSR count). The number of rotatable bonds is 7. The van der Waals surface area contributed by atoms with E-state index in [-0.39, 0.29) is 5.91 Å². The van der Waals surface area contributed by atoms with Gasteiger partial charge in [-0.1, -0.05) is 18.2 Å². The molecular formula is C22H32N6OS. The standard InChI is InChI=1S/C22H32N6OS/c1-17-18(2)30-20(26-17)9-11-24-22(23-3)25-12-10-21(29)28-15-13-27(14-16-28)19-7-5-4-6-8-19/h4-8H,9-16H2,1-3H3,(H2,23,24,25). The van der Waals surface area contributed by atoms with E-state index in [2.05, 4.69) is 56.7 Å². The van der Waals surface area contributed by atoms with E-state index in [0.717, 1.165) is 55.8 Å². The van der Waals surface area contributed by atoms with Crippen LogP contribution in [0.1, 0.15) is 22.0 Å². The van der Waals surface area contributed by atoms with Gasteiger partial charge in [0.1, 0.15) is 0 Å². The van der Waals surface area contributed by atoms with Crippen molar-refractivity contribution in [2.75, 3.05) is 51.2 Å². The Morgan fingerprint density at radius 2 is 1.80 bits per heavy atom. The molecule has 7 nitrogen and oxygen atoms in total. The van der Waals surface area contributed by atoms with Crippen molar-refractivity contribution in [1.82, 2.24) is 20.5 Å². The van der Waals surface area contributed by atoms with Crippen LogP contribution in [0.25, 0.3) is 0 Å². The van der Waals surface area contributed by atoms with Crippen LogP contribution in [0.5, 0.6) is 0 Å². The maximum Gasteiger partial charge on any atom is 0.224 e. The molecule has 2 aromatic rings. The number of piperazine rings is 1. The van der Waals surface area contributed by atoms with Gasteiger partial charge in [-0.2, -0.15) is 0 Å². The maximum atomic E-state index is 12.5. The number of para-hydroxylation sites is 1. The Labute approximate surface area is 183 Å².